The molecule has 6 heteroatoms. The molecule has 0 radical (unpaired) electrons. The van der Waals surface area contributed by atoms with Crippen LogP contribution in [-0.2, 0) is 7.05 Å². The summed E-state index contributed by atoms with van der Waals surface area (Å²) in [5.41, 5.74) is 2.70. The third-order valence-corrected chi connectivity index (χ3v) is 4.49. The van der Waals surface area contributed by atoms with Gasteiger partial charge in [-0.15, -0.1) is 0 Å². The van der Waals surface area contributed by atoms with E-state index >= 15 is 0 Å². The third kappa shape index (κ3) is 4.22. The second-order valence-corrected chi connectivity index (χ2v) is 6.16. The lowest BCUT2D eigenvalue weighted by Gasteiger charge is -2.30. The summed E-state index contributed by atoms with van der Waals surface area (Å²) in [5, 5.41) is 19.6. The number of aliphatic hydroxyl groups is 1. The largest absolute Gasteiger partial charge is 0.396 e. The van der Waals surface area contributed by atoms with Crippen LogP contribution >= 0.6 is 0 Å². The van der Waals surface area contributed by atoms with Gasteiger partial charge in [0.15, 0.2) is 0 Å². The Balaban J connectivity index is 2.84. The summed E-state index contributed by atoms with van der Waals surface area (Å²) in [7, 11) is 1.91. The number of carbonyl (C=O) groups excluding carboxylic acids is 1. The highest BCUT2D eigenvalue weighted by molar-refractivity contribution is 5.75. The zero-order valence-electron chi connectivity index (χ0n) is 14.7. The van der Waals surface area contributed by atoms with E-state index in [1.807, 2.05) is 46.3 Å². The first-order valence-electron chi connectivity index (χ1n) is 7.97. The van der Waals surface area contributed by atoms with Gasteiger partial charge in [-0.2, -0.15) is 5.10 Å². The topological polar surface area (TPSA) is 79.2 Å². The van der Waals surface area contributed by atoms with Crippen LogP contribution in [0.4, 0.5) is 4.79 Å². The maximum atomic E-state index is 12.3. The molecule has 0 saturated carbocycles. The number of nitrogens with zero attached hydrogens (tertiary/aromatic N) is 2. The molecule has 1 aromatic rings. The van der Waals surface area contributed by atoms with Crippen molar-refractivity contribution in [2.24, 2.45) is 7.05 Å². The summed E-state index contributed by atoms with van der Waals surface area (Å²) in [5.74, 6) is 0. The van der Waals surface area contributed by atoms with Gasteiger partial charge in [0.1, 0.15) is 0 Å². The number of urea groups is 1. The Kier molecular flexibility index (Phi) is 6.41. The zero-order valence-corrected chi connectivity index (χ0v) is 14.7. The fourth-order valence-electron chi connectivity index (χ4n) is 2.72. The zero-order chi connectivity index (χ0) is 16.9. The minimum Gasteiger partial charge on any atom is -0.396 e. The molecule has 0 bridgehead atoms. The van der Waals surface area contributed by atoms with Crippen LogP contribution in [-0.4, -0.2) is 33.1 Å². The molecule has 1 heterocycles. The summed E-state index contributed by atoms with van der Waals surface area (Å²) in [6.45, 7) is 10.0. The molecule has 0 fully saturated rings. The number of hydrogen-bond donors (Lipinski definition) is 3. The number of rotatable bonds is 7. The molecule has 0 spiro atoms. The van der Waals surface area contributed by atoms with E-state index in [1.165, 1.54) is 0 Å². The van der Waals surface area contributed by atoms with Gasteiger partial charge >= 0.3 is 6.03 Å². The SMILES string of the molecule is CCC(NC(=O)NC(C)(CC)CCO)c1c(C)nn(C)c1C. The number of aromatic nitrogens is 2. The van der Waals surface area contributed by atoms with E-state index in [9.17, 15) is 4.79 Å². The molecular formula is C16H30N4O2. The molecule has 3 N–H and O–H groups in total. The summed E-state index contributed by atoms with van der Waals surface area (Å²) in [4.78, 5) is 12.3. The molecule has 0 aliphatic heterocycles. The lowest BCUT2D eigenvalue weighted by atomic mass is 9.95. The monoisotopic (exact) mass is 310 g/mol. The third-order valence-electron chi connectivity index (χ3n) is 4.49. The lowest BCUT2D eigenvalue weighted by molar-refractivity contribution is 0.198. The Hall–Kier alpha value is -1.56. The van der Waals surface area contributed by atoms with Crippen LogP contribution in [0, 0.1) is 13.8 Å². The Morgan fingerprint density at radius 1 is 1.41 bits per heavy atom. The standard InChI is InChI=1S/C16H30N4O2/c1-7-13(14-11(3)19-20(6)12(14)4)17-15(22)18-16(5,8-2)9-10-21/h13,21H,7-10H2,1-6H3,(H2,17,18,22). The van der Waals surface area contributed by atoms with Gasteiger partial charge in [-0.3, -0.25) is 4.68 Å². The number of carbonyl (C=O) groups is 1. The van der Waals surface area contributed by atoms with Crippen LogP contribution in [0.25, 0.3) is 0 Å². The van der Waals surface area contributed by atoms with Gasteiger partial charge in [0.05, 0.1) is 11.7 Å². The molecule has 0 aliphatic carbocycles. The molecule has 1 aromatic heterocycles. The van der Waals surface area contributed by atoms with Crippen LogP contribution in [0.1, 0.15) is 63.0 Å². The van der Waals surface area contributed by atoms with Crippen LogP contribution in [0.5, 0.6) is 0 Å². The van der Waals surface area contributed by atoms with Gasteiger partial charge < -0.3 is 15.7 Å². The first-order chi connectivity index (χ1) is 10.3. The maximum Gasteiger partial charge on any atom is 0.315 e. The molecule has 22 heavy (non-hydrogen) atoms. The molecule has 2 amide bonds. The van der Waals surface area contributed by atoms with E-state index in [4.69, 9.17) is 5.11 Å². The van der Waals surface area contributed by atoms with Crippen LogP contribution < -0.4 is 10.6 Å². The first-order valence-corrected chi connectivity index (χ1v) is 7.97. The molecule has 0 saturated heterocycles. The van der Waals surface area contributed by atoms with Crippen molar-refractivity contribution in [3.63, 3.8) is 0 Å². The highest BCUT2D eigenvalue weighted by Gasteiger charge is 2.26. The summed E-state index contributed by atoms with van der Waals surface area (Å²) in [6, 6.07) is -0.267. The molecule has 2 unspecified atom stereocenters. The predicted octanol–water partition coefficient (Wildman–Crippen LogP) is 2.34. The number of aryl methyl sites for hydroxylation is 2. The van der Waals surface area contributed by atoms with Crippen LogP contribution in [0.15, 0.2) is 0 Å². The summed E-state index contributed by atoms with van der Waals surface area (Å²) in [6.07, 6.45) is 2.10. The van der Waals surface area contributed by atoms with Gasteiger partial charge in [0.25, 0.3) is 0 Å². The van der Waals surface area contributed by atoms with Crippen molar-refractivity contribution >= 4 is 6.03 Å². The van der Waals surface area contributed by atoms with Gasteiger partial charge in [0.2, 0.25) is 0 Å². The lowest BCUT2D eigenvalue weighted by Crippen LogP contribution is -2.51. The molecule has 1 rings (SSSR count). The van der Waals surface area contributed by atoms with Gasteiger partial charge in [-0.05, 0) is 40.0 Å². The van der Waals surface area contributed by atoms with Crippen LogP contribution in [0.3, 0.4) is 0 Å². The summed E-state index contributed by atoms with van der Waals surface area (Å²) >= 11 is 0. The minimum absolute atomic E-state index is 0.0582. The Labute approximate surface area is 133 Å². The van der Waals surface area contributed by atoms with E-state index in [2.05, 4.69) is 15.7 Å². The predicted molar refractivity (Wildman–Crippen MR) is 87.8 cm³/mol. The normalized spacial score (nSPS) is 15.2. The molecular weight excluding hydrogens is 280 g/mol. The molecule has 2 atom stereocenters. The van der Waals surface area contributed by atoms with Gasteiger partial charge in [-0.25, -0.2) is 4.79 Å². The Bertz CT molecular complexity index is 512. The number of aliphatic hydroxyl groups excluding tert-OH is 1. The number of amides is 2. The average Bonchev–Trinajstić information content (AvgIpc) is 2.70. The molecule has 126 valence electrons. The van der Waals surface area contributed by atoms with Crippen molar-refractivity contribution in [1.29, 1.82) is 0 Å². The highest BCUT2D eigenvalue weighted by Crippen LogP contribution is 2.24. The quantitative estimate of drug-likeness (QED) is 0.723. The second kappa shape index (κ2) is 7.63. The highest BCUT2D eigenvalue weighted by atomic mass is 16.3. The fourth-order valence-corrected chi connectivity index (χ4v) is 2.72. The van der Waals surface area contributed by atoms with Crippen molar-refractivity contribution in [2.75, 3.05) is 6.61 Å². The molecule has 0 aromatic carbocycles. The fraction of sp³-hybridized carbons (Fsp3) is 0.750. The van der Waals surface area contributed by atoms with Crippen molar-refractivity contribution in [1.82, 2.24) is 20.4 Å². The maximum absolute atomic E-state index is 12.3. The van der Waals surface area contributed by atoms with Crippen molar-refractivity contribution in [3.05, 3.63) is 17.0 Å². The second-order valence-electron chi connectivity index (χ2n) is 6.16. The first kappa shape index (κ1) is 18.5. The van der Waals surface area contributed by atoms with Crippen LogP contribution in [0.2, 0.25) is 0 Å². The van der Waals surface area contributed by atoms with E-state index in [1.54, 1.807) is 0 Å². The Morgan fingerprint density at radius 3 is 2.45 bits per heavy atom. The number of hydrogen-bond acceptors (Lipinski definition) is 3. The van der Waals surface area contributed by atoms with E-state index in [-0.39, 0.29) is 18.7 Å². The van der Waals surface area contributed by atoms with Crippen molar-refractivity contribution in [2.45, 2.75) is 65.5 Å². The van der Waals surface area contributed by atoms with Crippen molar-refractivity contribution < 1.29 is 9.90 Å². The number of nitrogens with one attached hydrogen (secondary N) is 2. The van der Waals surface area contributed by atoms with E-state index < -0.39 is 5.54 Å². The van der Waals surface area contributed by atoms with Gasteiger partial charge in [-0.1, -0.05) is 13.8 Å². The Morgan fingerprint density at radius 2 is 2.05 bits per heavy atom. The smallest absolute Gasteiger partial charge is 0.315 e. The summed E-state index contributed by atoms with van der Waals surface area (Å²) < 4.78 is 1.84. The van der Waals surface area contributed by atoms with Crippen molar-refractivity contribution in [3.8, 4) is 0 Å². The van der Waals surface area contributed by atoms with E-state index in [0.29, 0.717) is 6.42 Å². The van der Waals surface area contributed by atoms with Gasteiger partial charge in [0, 0.05) is 30.5 Å². The minimum atomic E-state index is -0.393. The molecule has 0 aliphatic rings. The van der Waals surface area contributed by atoms with E-state index in [0.717, 1.165) is 29.8 Å². The average molecular weight is 310 g/mol. The molecule has 6 nitrogen and oxygen atoms in total.